The molecule has 0 fully saturated rings. The lowest BCUT2D eigenvalue weighted by molar-refractivity contribution is 0.340. The second-order valence-corrected chi connectivity index (χ2v) is 4.26. The van der Waals surface area contributed by atoms with E-state index in [0.29, 0.717) is 41.8 Å². The predicted octanol–water partition coefficient (Wildman–Crippen LogP) is 4.48. The normalized spacial score (nSPS) is 10.8. The lowest BCUT2D eigenvalue weighted by atomic mass is 10.2. The van der Waals surface area contributed by atoms with E-state index in [-0.39, 0.29) is 0 Å². The molecule has 0 aliphatic carbocycles. The number of para-hydroxylation sites is 1. The van der Waals surface area contributed by atoms with Gasteiger partial charge in [-0.1, -0.05) is 12.1 Å². The summed E-state index contributed by atoms with van der Waals surface area (Å²) in [4.78, 5) is 0. The number of benzene rings is 2. The molecule has 2 N–H and O–H groups in total. The van der Waals surface area contributed by atoms with E-state index in [9.17, 15) is 0 Å². The van der Waals surface area contributed by atoms with Crippen molar-refractivity contribution in [2.75, 3.05) is 18.9 Å². The average Bonchev–Trinajstić information content (AvgIpc) is 2.48. The fourth-order valence-corrected chi connectivity index (χ4v) is 1.81. The van der Waals surface area contributed by atoms with Crippen LogP contribution in [0.3, 0.4) is 0 Å². The maximum Gasteiger partial charge on any atom is 0.148 e. The molecule has 0 amide bonds. The van der Waals surface area contributed by atoms with Gasteiger partial charge in [0.25, 0.3) is 0 Å². The lowest BCUT2D eigenvalue weighted by Gasteiger charge is -2.07. The summed E-state index contributed by atoms with van der Waals surface area (Å²) in [5.41, 5.74) is 7.70. The number of hydrogen-bond acceptors (Lipinski definition) is 5. The molecule has 0 aliphatic heterocycles. The highest BCUT2D eigenvalue weighted by Crippen LogP contribution is 2.33. The minimum atomic E-state index is 0.543. The molecule has 5 nitrogen and oxygen atoms in total. The molecule has 0 saturated heterocycles. The first-order chi connectivity index (χ1) is 10.2. The monoisotopic (exact) mass is 285 g/mol. The maximum absolute atomic E-state index is 5.76. The second-order valence-electron chi connectivity index (χ2n) is 4.26. The van der Waals surface area contributed by atoms with E-state index in [1.807, 2.05) is 38.1 Å². The molecule has 0 atom stereocenters. The summed E-state index contributed by atoms with van der Waals surface area (Å²) < 4.78 is 11.0. The summed E-state index contributed by atoms with van der Waals surface area (Å²) in [5, 5.41) is 8.49. The van der Waals surface area contributed by atoms with Crippen molar-refractivity contribution in [1.82, 2.24) is 0 Å². The topological polar surface area (TPSA) is 69.2 Å². The molecule has 110 valence electrons. The van der Waals surface area contributed by atoms with Crippen LogP contribution in [0.2, 0.25) is 0 Å². The Morgan fingerprint density at radius 1 is 0.857 bits per heavy atom. The summed E-state index contributed by atoms with van der Waals surface area (Å²) in [6.07, 6.45) is 0. The van der Waals surface area contributed by atoms with Crippen LogP contribution in [-0.4, -0.2) is 13.2 Å². The third-order valence-corrected chi connectivity index (χ3v) is 2.71. The average molecular weight is 285 g/mol. The van der Waals surface area contributed by atoms with Gasteiger partial charge < -0.3 is 15.2 Å². The van der Waals surface area contributed by atoms with Crippen LogP contribution in [0.1, 0.15) is 13.8 Å². The van der Waals surface area contributed by atoms with Gasteiger partial charge in [0.1, 0.15) is 22.9 Å². The van der Waals surface area contributed by atoms with Gasteiger partial charge in [0.2, 0.25) is 0 Å². The van der Waals surface area contributed by atoms with Crippen molar-refractivity contribution in [1.29, 1.82) is 0 Å². The van der Waals surface area contributed by atoms with Gasteiger partial charge in [-0.25, -0.2) is 0 Å². The van der Waals surface area contributed by atoms with E-state index in [1.165, 1.54) is 0 Å². The summed E-state index contributed by atoms with van der Waals surface area (Å²) in [6, 6.07) is 12.8. The van der Waals surface area contributed by atoms with Crippen LogP contribution in [0.25, 0.3) is 0 Å². The first kappa shape index (κ1) is 14.8. The van der Waals surface area contributed by atoms with Crippen molar-refractivity contribution in [3.8, 4) is 11.5 Å². The van der Waals surface area contributed by atoms with Crippen LogP contribution >= 0.6 is 0 Å². The first-order valence-corrected chi connectivity index (χ1v) is 6.90. The summed E-state index contributed by atoms with van der Waals surface area (Å²) in [6.45, 7) is 4.97. The fourth-order valence-electron chi connectivity index (χ4n) is 1.81. The number of nitrogen functional groups attached to an aromatic ring is 1. The quantitative estimate of drug-likeness (QED) is 0.628. The van der Waals surface area contributed by atoms with E-state index in [1.54, 1.807) is 18.2 Å². The minimum Gasteiger partial charge on any atom is -0.492 e. The lowest BCUT2D eigenvalue weighted by Crippen LogP contribution is -1.93. The molecule has 0 heterocycles. The molecule has 0 spiro atoms. The molecule has 0 aliphatic rings. The van der Waals surface area contributed by atoms with Crippen molar-refractivity contribution < 1.29 is 9.47 Å². The van der Waals surface area contributed by atoms with Gasteiger partial charge in [-0.15, -0.1) is 10.2 Å². The highest BCUT2D eigenvalue weighted by molar-refractivity contribution is 5.59. The zero-order valence-electron chi connectivity index (χ0n) is 12.2. The highest BCUT2D eigenvalue weighted by Gasteiger charge is 2.05. The molecule has 2 aromatic carbocycles. The van der Waals surface area contributed by atoms with Gasteiger partial charge in [0.15, 0.2) is 0 Å². The van der Waals surface area contributed by atoms with Crippen molar-refractivity contribution >= 4 is 17.1 Å². The zero-order valence-corrected chi connectivity index (χ0v) is 12.2. The Kier molecular flexibility index (Phi) is 5.15. The van der Waals surface area contributed by atoms with Gasteiger partial charge in [0, 0.05) is 11.8 Å². The number of rotatable bonds is 6. The number of ether oxygens (including phenoxy) is 2. The molecular formula is C16H19N3O2. The Hall–Kier alpha value is -2.56. The van der Waals surface area contributed by atoms with Crippen molar-refractivity contribution in [3.05, 3.63) is 42.5 Å². The number of hydrogen-bond donors (Lipinski definition) is 1. The van der Waals surface area contributed by atoms with Crippen LogP contribution in [-0.2, 0) is 0 Å². The number of nitrogens with zero attached hydrogens (tertiary/aromatic N) is 2. The molecule has 0 aromatic heterocycles. The first-order valence-electron chi connectivity index (χ1n) is 6.90. The molecule has 5 heteroatoms. The maximum atomic E-state index is 5.76. The summed E-state index contributed by atoms with van der Waals surface area (Å²) >= 11 is 0. The van der Waals surface area contributed by atoms with Gasteiger partial charge in [-0.3, -0.25) is 0 Å². The predicted molar refractivity (Wildman–Crippen MR) is 83.8 cm³/mol. The summed E-state index contributed by atoms with van der Waals surface area (Å²) in [5.74, 6) is 1.33. The minimum absolute atomic E-state index is 0.543. The largest absolute Gasteiger partial charge is 0.492 e. The molecule has 2 aromatic rings. The van der Waals surface area contributed by atoms with Crippen LogP contribution < -0.4 is 15.2 Å². The van der Waals surface area contributed by atoms with Gasteiger partial charge >= 0.3 is 0 Å². The third-order valence-electron chi connectivity index (χ3n) is 2.71. The van der Waals surface area contributed by atoms with Gasteiger partial charge in [-0.2, -0.15) is 0 Å². The molecule has 21 heavy (non-hydrogen) atoms. The molecule has 0 radical (unpaired) electrons. The van der Waals surface area contributed by atoms with Crippen molar-refractivity contribution in [2.45, 2.75) is 13.8 Å². The molecule has 0 saturated carbocycles. The molecule has 2 rings (SSSR count). The summed E-state index contributed by atoms with van der Waals surface area (Å²) in [7, 11) is 0. The molecule has 0 bridgehead atoms. The second kappa shape index (κ2) is 7.28. The standard InChI is InChI=1S/C16H19N3O2/c1-3-20-15-8-6-5-7-13(15)18-19-14-10-9-12(17)11-16(14)21-4-2/h5-11H,3-4,17H2,1-2H3. The zero-order chi connectivity index (χ0) is 15.1. The van der Waals surface area contributed by atoms with E-state index in [2.05, 4.69) is 10.2 Å². The Bertz CT molecular complexity index is 627. The van der Waals surface area contributed by atoms with E-state index in [0.717, 1.165) is 0 Å². The van der Waals surface area contributed by atoms with E-state index in [4.69, 9.17) is 15.2 Å². The number of nitrogens with two attached hydrogens (primary N) is 1. The van der Waals surface area contributed by atoms with Crippen molar-refractivity contribution in [3.63, 3.8) is 0 Å². The Labute approximate surface area is 124 Å². The molecule has 0 unspecified atom stereocenters. The fraction of sp³-hybridized carbons (Fsp3) is 0.250. The van der Waals surface area contributed by atoms with Gasteiger partial charge in [0.05, 0.1) is 13.2 Å². The van der Waals surface area contributed by atoms with Crippen LogP contribution in [0.15, 0.2) is 52.7 Å². The highest BCUT2D eigenvalue weighted by atomic mass is 16.5. The smallest absolute Gasteiger partial charge is 0.148 e. The Morgan fingerprint density at radius 2 is 1.48 bits per heavy atom. The van der Waals surface area contributed by atoms with Crippen LogP contribution in [0.4, 0.5) is 17.1 Å². The van der Waals surface area contributed by atoms with E-state index >= 15 is 0 Å². The van der Waals surface area contributed by atoms with Crippen molar-refractivity contribution in [2.24, 2.45) is 10.2 Å². The van der Waals surface area contributed by atoms with Crippen LogP contribution in [0, 0.1) is 0 Å². The number of anilines is 1. The van der Waals surface area contributed by atoms with Crippen LogP contribution in [0.5, 0.6) is 11.5 Å². The Morgan fingerprint density at radius 3 is 2.19 bits per heavy atom. The number of azo groups is 1. The van der Waals surface area contributed by atoms with Gasteiger partial charge in [-0.05, 0) is 38.1 Å². The Balaban J connectivity index is 2.29. The third kappa shape index (κ3) is 3.95. The molecular weight excluding hydrogens is 266 g/mol. The van der Waals surface area contributed by atoms with E-state index < -0.39 is 0 Å². The SMILES string of the molecule is CCOc1ccccc1N=Nc1ccc(N)cc1OCC.